The molecule has 1 amide bonds. The number of hydrogen-bond acceptors (Lipinski definition) is 3. The van der Waals surface area contributed by atoms with Gasteiger partial charge in [0, 0.05) is 30.5 Å². The van der Waals surface area contributed by atoms with Crippen LogP contribution in [0.1, 0.15) is 34.6 Å². The minimum atomic E-state index is -0.163. The molecule has 2 aromatic carbocycles. The van der Waals surface area contributed by atoms with Crippen LogP contribution in [0.2, 0.25) is 5.02 Å². The van der Waals surface area contributed by atoms with Crippen LogP contribution in [0.5, 0.6) is 11.5 Å². The predicted molar refractivity (Wildman–Crippen MR) is 113 cm³/mol. The molecule has 0 spiro atoms. The summed E-state index contributed by atoms with van der Waals surface area (Å²) in [6.45, 7) is 3.69. The van der Waals surface area contributed by atoms with Gasteiger partial charge < -0.3 is 18.9 Å². The molecule has 1 atom stereocenters. The van der Waals surface area contributed by atoms with Crippen molar-refractivity contribution in [1.82, 2.24) is 9.47 Å². The molecule has 1 aliphatic rings. The Labute approximate surface area is 175 Å². The summed E-state index contributed by atoms with van der Waals surface area (Å²) in [5.41, 5.74) is 2.65. The molecule has 0 saturated heterocycles. The number of hydrogen-bond donors (Lipinski definition) is 0. The van der Waals surface area contributed by atoms with Crippen LogP contribution in [0.3, 0.4) is 0 Å². The maximum absolute atomic E-state index is 13.6. The lowest BCUT2D eigenvalue weighted by Gasteiger charge is -2.37. The zero-order valence-corrected chi connectivity index (χ0v) is 17.2. The largest absolute Gasteiger partial charge is 0.493 e. The normalized spacial score (nSPS) is 15.7. The van der Waals surface area contributed by atoms with E-state index >= 15 is 0 Å². The highest BCUT2D eigenvalue weighted by Gasteiger charge is 2.33. The fourth-order valence-corrected chi connectivity index (χ4v) is 4.15. The van der Waals surface area contributed by atoms with Gasteiger partial charge in [0.1, 0.15) is 0 Å². The van der Waals surface area contributed by atoms with Crippen LogP contribution in [-0.2, 0) is 6.54 Å². The maximum atomic E-state index is 13.6. The van der Waals surface area contributed by atoms with E-state index in [9.17, 15) is 4.79 Å². The molecule has 0 N–H and O–H groups in total. The number of carbonyl (C=O) groups excluding carboxylic acids is 1. The quantitative estimate of drug-likeness (QED) is 0.607. The maximum Gasteiger partial charge on any atom is 0.254 e. The fraction of sp³-hybridized carbons (Fsp3) is 0.261. The lowest BCUT2D eigenvalue weighted by atomic mass is 9.99. The van der Waals surface area contributed by atoms with Crippen molar-refractivity contribution >= 4 is 17.5 Å². The highest BCUT2D eigenvalue weighted by atomic mass is 35.5. The van der Waals surface area contributed by atoms with E-state index in [-0.39, 0.29) is 11.9 Å². The third-order valence-electron chi connectivity index (χ3n) is 5.18. The van der Waals surface area contributed by atoms with Crippen molar-refractivity contribution in [1.29, 1.82) is 0 Å². The third-order valence-corrected chi connectivity index (χ3v) is 5.46. The van der Waals surface area contributed by atoms with Gasteiger partial charge in [-0.25, -0.2) is 0 Å². The average molecular weight is 411 g/mol. The molecule has 5 nitrogen and oxygen atoms in total. The summed E-state index contributed by atoms with van der Waals surface area (Å²) in [4.78, 5) is 15.5. The van der Waals surface area contributed by atoms with Crippen molar-refractivity contribution in [2.45, 2.75) is 19.5 Å². The number of benzene rings is 2. The molecule has 0 fully saturated rings. The van der Waals surface area contributed by atoms with Gasteiger partial charge >= 0.3 is 0 Å². The molecule has 150 valence electrons. The van der Waals surface area contributed by atoms with E-state index in [4.69, 9.17) is 21.1 Å². The van der Waals surface area contributed by atoms with Gasteiger partial charge in [-0.2, -0.15) is 0 Å². The number of carbonyl (C=O) groups is 1. The van der Waals surface area contributed by atoms with E-state index in [1.54, 1.807) is 19.2 Å². The lowest BCUT2D eigenvalue weighted by Crippen LogP contribution is -2.42. The van der Waals surface area contributed by atoms with Gasteiger partial charge in [-0.1, -0.05) is 41.9 Å². The molecule has 0 saturated carbocycles. The van der Waals surface area contributed by atoms with E-state index in [1.807, 2.05) is 36.1 Å². The number of rotatable bonds is 5. The van der Waals surface area contributed by atoms with Crippen LogP contribution < -0.4 is 9.47 Å². The second-order valence-corrected chi connectivity index (χ2v) is 7.27. The van der Waals surface area contributed by atoms with Crippen LogP contribution in [-0.4, -0.2) is 35.6 Å². The molecule has 0 bridgehead atoms. The van der Waals surface area contributed by atoms with Gasteiger partial charge in [-0.15, -0.1) is 0 Å². The lowest BCUT2D eigenvalue weighted by molar-refractivity contribution is 0.0663. The van der Waals surface area contributed by atoms with Crippen LogP contribution in [0, 0.1) is 0 Å². The van der Waals surface area contributed by atoms with E-state index < -0.39 is 0 Å². The standard InChI is InChI=1S/C23H23ClN2O3/c1-3-29-22-18(24)14-17(15-20(22)28-2)23(27)26-13-12-25-11-7-10-19(25)21(26)16-8-5-4-6-9-16/h4-11,14-15,21H,3,12-13H2,1-2H3. The van der Waals surface area contributed by atoms with E-state index in [1.165, 1.54) is 0 Å². The molecule has 3 aromatic rings. The van der Waals surface area contributed by atoms with Gasteiger partial charge in [0.25, 0.3) is 5.91 Å². The molecule has 0 aliphatic carbocycles. The average Bonchev–Trinajstić information content (AvgIpc) is 3.23. The number of halogens is 1. The molecular weight excluding hydrogens is 388 g/mol. The molecular formula is C23H23ClN2O3. The Kier molecular flexibility index (Phi) is 5.49. The van der Waals surface area contributed by atoms with Crippen molar-refractivity contribution in [3.05, 3.63) is 82.6 Å². The first-order chi connectivity index (χ1) is 14.1. The highest BCUT2D eigenvalue weighted by Crippen LogP contribution is 2.38. The van der Waals surface area contributed by atoms with Crippen LogP contribution in [0.15, 0.2) is 60.8 Å². The Balaban J connectivity index is 1.75. The minimum Gasteiger partial charge on any atom is -0.493 e. The van der Waals surface area contributed by atoms with Gasteiger partial charge in [-0.3, -0.25) is 4.79 Å². The number of nitrogens with zero attached hydrogens (tertiary/aromatic N) is 2. The van der Waals surface area contributed by atoms with Gasteiger partial charge in [0.05, 0.1) is 24.8 Å². The summed E-state index contributed by atoms with van der Waals surface area (Å²) in [7, 11) is 1.54. The summed E-state index contributed by atoms with van der Waals surface area (Å²) >= 11 is 6.41. The smallest absolute Gasteiger partial charge is 0.254 e. The molecule has 29 heavy (non-hydrogen) atoms. The number of aromatic nitrogens is 1. The number of methoxy groups -OCH3 is 1. The number of amides is 1. The second-order valence-electron chi connectivity index (χ2n) is 6.86. The molecule has 4 rings (SSSR count). The van der Waals surface area contributed by atoms with E-state index in [0.29, 0.717) is 35.2 Å². The fourth-order valence-electron chi connectivity index (χ4n) is 3.88. The monoisotopic (exact) mass is 410 g/mol. The minimum absolute atomic E-state index is 0.0884. The number of ether oxygens (including phenoxy) is 2. The van der Waals surface area contributed by atoms with Crippen molar-refractivity contribution in [2.24, 2.45) is 0 Å². The van der Waals surface area contributed by atoms with E-state index in [0.717, 1.165) is 17.8 Å². The molecule has 1 aromatic heterocycles. The van der Waals surface area contributed by atoms with Gasteiger partial charge in [-0.05, 0) is 36.8 Å². The Morgan fingerprint density at radius 3 is 2.66 bits per heavy atom. The Morgan fingerprint density at radius 2 is 1.93 bits per heavy atom. The van der Waals surface area contributed by atoms with Crippen molar-refractivity contribution < 1.29 is 14.3 Å². The highest BCUT2D eigenvalue weighted by molar-refractivity contribution is 6.32. The van der Waals surface area contributed by atoms with E-state index in [2.05, 4.69) is 29.0 Å². The van der Waals surface area contributed by atoms with Gasteiger partial charge in [0.15, 0.2) is 11.5 Å². The molecule has 6 heteroatoms. The Hall–Kier alpha value is -2.92. The molecule has 1 unspecified atom stereocenters. The summed E-state index contributed by atoms with van der Waals surface area (Å²) in [6.07, 6.45) is 2.06. The zero-order valence-electron chi connectivity index (χ0n) is 16.5. The SMILES string of the molecule is CCOc1c(Cl)cc(C(=O)N2CCn3cccc3C2c2ccccc2)cc1OC. The molecule has 2 heterocycles. The first kappa shape index (κ1) is 19.4. The second kappa shape index (κ2) is 8.21. The summed E-state index contributed by atoms with van der Waals surface area (Å²) in [5, 5.41) is 0.367. The van der Waals surface area contributed by atoms with Crippen molar-refractivity contribution in [3.8, 4) is 11.5 Å². The molecule has 0 radical (unpaired) electrons. The predicted octanol–water partition coefficient (Wildman–Crippen LogP) is 4.79. The Morgan fingerprint density at radius 1 is 1.14 bits per heavy atom. The van der Waals surface area contributed by atoms with Crippen LogP contribution in [0.4, 0.5) is 0 Å². The third kappa shape index (κ3) is 3.58. The molecule has 1 aliphatic heterocycles. The topological polar surface area (TPSA) is 43.7 Å². The summed E-state index contributed by atoms with van der Waals surface area (Å²) < 4.78 is 13.2. The number of fused-ring (bicyclic) bond motifs is 1. The van der Waals surface area contributed by atoms with Crippen molar-refractivity contribution in [3.63, 3.8) is 0 Å². The summed E-state index contributed by atoms with van der Waals surface area (Å²) in [5.74, 6) is 0.828. The first-order valence-electron chi connectivity index (χ1n) is 9.65. The van der Waals surface area contributed by atoms with Crippen LogP contribution >= 0.6 is 11.6 Å². The first-order valence-corrected chi connectivity index (χ1v) is 10.0. The van der Waals surface area contributed by atoms with Crippen LogP contribution in [0.25, 0.3) is 0 Å². The summed E-state index contributed by atoms with van der Waals surface area (Å²) in [6, 6.07) is 17.4. The van der Waals surface area contributed by atoms with Gasteiger partial charge in [0.2, 0.25) is 0 Å². The zero-order chi connectivity index (χ0) is 20.4. The van der Waals surface area contributed by atoms with Crippen molar-refractivity contribution in [2.75, 3.05) is 20.3 Å². The Bertz CT molecular complexity index is 1020.